The van der Waals surface area contributed by atoms with E-state index in [0.717, 1.165) is 4.73 Å². The van der Waals surface area contributed by atoms with Gasteiger partial charge in [0.1, 0.15) is 0 Å². The molecule has 0 aliphatic heterocycles. The van der Waals surface area contributed by atoms with Crippen LogP contribution in [-0.4, -0.2) is 5.54 Å². The summed E-state index contributed by atoms with van der Waals surface area (Å²) in [6.07, 6.45) is 1.49. The van der Waals surface area contributed by atoms with Crippen molar-refractivity contribution in [2.45, 2.75) is 31.3 Å². The van der Waals surface area contributed by atoms with Gasteiger partial charge in [-0.25, -0.2) is 4.72 Å². The van der Waals surface area contributed by atoms with Gasteiger partial charge >= 0.3 is 0 Å². The lowest BCUT2D eigenvalue weighted by Gasteiger charge is -2.18. The smallest absolute Gasteiger partial charge is 0.266 e. The number of rotatable bonds is 2. The summed E-state index contributed by atoms with van der Waals surface area (Å²) in [4.78, 5) is 0. The van der Waals surface area contributed by atoms with Gasteiger partial charge in [0.05, 0.1) is 0 Å². The summed E-state index contributed by atoms with van der Waals surface area (Å²) < 4.78 is 4.03. The molecule has 1 aromatic rings. The predicted octanol–water partition coefficient (Wildman–Crippen LogP) is 1.72. The molecular formula is C9H14N2OS. The minimum atomic E-state index is 0.00745. The molecule has 0 unspecified atom stereocenters. The summed E-state index contributed by atoms with van der Waals surface area (Å²) in [5, 5.41) is 11.9. The third-order valence-electron chi connectivity index (χ3n) is 1.25. The molecular weight excluding hydrogens is 184 g/mol. The minimum Gasteiger partial charge on any atom is -0.618 e. The first-order chi connectivity index (χ1) is 5.99. The molecule has 0 amide bonds. The highest BCUT2D eigenvalue weighted by Gasteiger charge is 2.12. The molecule has 1 aromatic heterocycles. The predicted molar refractivity (Wildman–Crippen MR) is 54.1 cm³/mol. The molecule has 1 heterocycles. The van der Waals surface area contributed by atoms with Crippen molar-refractivity contribution >= 4 is 11.9 Å². The second kappa shape index (κ2) is 3.98. The summed E-state index contributed by atoms with van der Waals surface area (Å²) in [5.74, 6) is 0. The maximum Gasteiger partial charge on any atom is 0.266 e. The Morgan fingerprint density at radius 1 is 1.38 bits per heavy atom. The van der Waals surface area contributed by atoms with Crippen molar-refractivity contribution in [1.29, 1.82) is 0 Å². The molecule has 0 spiro atoms. The van der Waals surface area contributed by atoms with Crippen molar-refractivity contribution in [3.05, 3.63) is 29.6 Å². The van der Waals surface area contributed by atoms with Crippen LogP contribution in [0.25, 0.3) is 0 Å². The summed E-state index contributed by atoms with van der Waals surface area (Å²) in [5.41, 5.74) is 0.00745. The number of nitrogens with one attached hydrogen (secondary N) is 1. The molecule has 0 bridgehead atoms. The van der Waals surface area contributed by atoms with E-state index < -0.39 is 0 Å². The number of hydrogen-bond donors (Lipinski definition) is 1. The van der Waals surface area contributed by atoms with Crippen molar-refractivity contribution in [1.82, 2.24) is 4.72 Å². The van der Waals surface area contributed by atoms with Crippen molar-refractivity contribution in [2.75, 3.05) is 0 Å². The van der Waals surface area contributed by atoms with E-state index >= 15 is 0 Å². The summed E-state index contributed by atoms with van der Waals surface area (Å²) in [6, 6.07) is 5.35. The van der Waals surface area contributed by atoms with E-state index in [2.05, 4.69) is 25.5 Å². The third kappa shape index (κ3) is 3.65. The van der Waals surface area contributed by atoms with Crippen LogP contribution < -0.4 is 9.45 Å². The van der Waals surface area contributed by atoms with Crippen LogP contribution in [0.4, 0.5) is 0 Å². The van der Waals surface area contributed by atoms with Crippen LogP contribution in [0.1, 0.15) is 20.8 Å². The largest absolute Gasteiger partial charge is 0.618 e. The fourth-order valence-electron chi connectivity index (χ4n) is 0.697. The van der Waals surface area contributed by atoms with Crippen LogP contribution in [0.15, 0.2) is 29.4 Å². The van der Waals surface area contributed by atoms with Crippen LogP contribution in [0.3, 0.4) is 0 Å². The average Bonchev–Trinajstić information content (AvgIpc) is 2.01. The first kappa shape index (κ1) is 10.3. The lowest BCUT2D eigenvalue weighted by molar-refractivity contribution is -0.645. The summed E-state index contributed by atoms with van der Waals surface area (Å²) in [7, 11) is 0. The topological polar surface area (TPSA) is 39.0 Å². The van der Waals surface area contributed by atoms with Crippen LogP contribution in [0.2, 0.25) is 0 Å². The summed E-state index contributed by atoms with van der Waals surface area (Å²) in [6.45, 7) is 6.16. The van der Waals surface area contributed by atoms with Gasteiger partial charge in [0.15, 0.2) is 6.20 Å². The van der Waals surface area contributed by atoms with Gasteiger partial charge < -0.3 is 5.21 Å². The molecule has 0 radical (unpaired) electrons. The Hall–Kier alpha value is -0.740. The normalized spacial score (nSPS) is 11.6. The molecule has 3 nitrogen and oxygen atoms in total. The molecule has 0 fully saturated rings. The van der Waals surface area contributed by atoms with Gasteiger partial charge in [-0.15, -0.1) is 0 Å². The average molecular weight is 198 g/mol. The zero-order chi connectivity index (χ0) is 9.90. The van der Waals surface area contributed by atoms with Crippen LogP contribution >= 0.6 is 11.9 Å². The van der Waals surface area contributed by atoms with Gasteiger partial charge in [-0.2, -0.15) is 4.73 Å². The Bertz CT molecular complexity index is 283. The zero-order valence-electron chi connectivity index (χ0n) is 8.07. The SMILES string of the molecule is CC(C)(C)NSc1cccc[n+]1[O-]. The Kier molecular flexibility index (Phi) is 3.17. The molecule has 13 heavy (non-hydrogen) atoms. The van der Waals surface area contributed by atoms with Crippen molar-refractivity contribution in [3.63, 3.8) is 0 Å². The van der Waals surface area contributed by atoms with E-state index in [-0.39, 0.29) is 5.54 Å². The van der Waals surface area contributed by atoms with Crippen LogP contribution in [0.5, 0.6) is 0 Å². The standard InChI is InChI=1S/C9H14N2OS/c1-9(2,3)10-13-8-6-4-5-7-11(8)12/h4-7,10H,1-3H3. The first-order valence-corrected chi connectivity index (χ1v) is 4.93. The fourth-order valence-corrected chi connectivity index (χ4v) is 1.41. The minimum absolute atomic E-state index is 0.00745. The highest BCUT2D eigenvalue weighted by atomic mass is 32.2. The maximum absolute atomic E-state index is 11.2. The highest BCUT2D eigenvalue weighted by molar-refractivity contribution is 7.97. The lowest BCUT2D eigenvalue weighted by Crippen LogP contribution is -2.34. The van der Waals surface area contributed by atoms with Crippen molar-refractivity contribution < 1.29 is 4.73 Å². The van der Waals surface area contributed by atoms with Crippen molar-refractivity contribution in [2.24, 2.45) is 0 Å². The van der Waals surface area contributed by atoms with E-state index in [1.54, 1.807) is 12.1 Å². The highest BCUT2D eigenvalue weighted by Crippen LogP contribution is 2.13. The van der Waals surface area contributed by atoms with Gasteiger partial charge in [0.2, 0.25) is 0 Å². The van der Waals surface area contributed by atoms with E-state index in [1.165, 1.54) is 18.1 Å². The van der Waals surface area contributed by atoms with Gasteiger partial charge in [-0.05, 0) is 26.8 Å². The molecule has 0 saturated carbocycles. The van der Waals surface area contributed by atoms with E-state index in [0.29, 0.717) is 5.03 Å². The molecule has 0 saturated heterocycles. The van der Waals surface area contributed by atoms with Gasteiger partial charge in [-0.1, -0.05) is 0 Å². The van der Waals surface area contributed by atoms with Crippen LogP contribution in [-0.2, 0) is 0 Å². The Labute approximate surface area is 82.9 Å². The molecule has 1 rings (SSSR count). The van der Waals surface area contributed by atoms with E-state index in [4.69, 9.17) is 0 Å². The third-order valence-corrected chi connectivity index (χ3v) is 2.49. The Morgan fingerprint density at radius 3 is 2.62 bits per heavy atom. The van der Waals surface area contributed by atoms with Gasteiger partial charge in [0.25, 0.3) is 5.03 Å². The van der Waals surface area contributed by atoms with Crippen LogP contribution in [0, 0.1) is 5.21 Å². The number of nitrogens with zero attached hydrogens (tertiary/aromatic N) is 1. The second-order valence-corrected chi connectivity index (χ2v) is 4.65. The van der Waals surface area contributed by atoms with Gasteiger partial charge in [0, 0.05) is 29.6 Å². The molecule has 0 aromatic carbocycles. The number of pyridine rings is 1. The molecule has 0 aliphatic rings. The number of hydrogen-bond acceptors (Lipinski definition) is 3. The monoisotopic (exact) mass is 198 g/mol. The lowest BCUT2D eigenvalue weighted by atomic mass is 10.1. The van der Waals surface area contributed by atoms with E-state index in [9.17, 15) is 5.21 Å². The second-order valence-electron chi connectivity index (χ2n) is 3.82. The molecule has 0 atom stereocenters. The number of aromatic nitrogens is 1. The molecule has 72 valence electrons. The maximum atomic E-state index is 11.2. The Balaban J connectivity index is 2.60. The van der Waals surface area contributed by atoms with Crippen molar-refractivity contribution in [3.8, 4) is 0 Å². The van der Waals surface area contributed by atoms with E-state index in [1.807, 2.05) is 6.07 Å². The molecule has 0 aliphatic carbocycles. The zero-order valence-corrected chi connectivity index (χ0v) is 8.89. The molecule has 4 heteroatoms. The first-order valence-electron chi connectivity index (χ1n) is 4.11. The summed E-state index contributed by atoms with van der Waals surface area (Å²) >= 11 is 1.35. The fraction of sp³-hybridized carbons (Fsp3) is 0.444. The Morgan fingerprint density at radius 2 is 2.08 bits per heavy atom. The van der Waals surface area contributed by atoms with Gasteiger partial charge in [-0.3, -0.25) is 0 Å². The molecule has 1 N–H and O–H groups in total. The quantitative estimate of drug-likeness (QED) is 0.447.